The van der Waals surface area contributed by atoms with Gasteiger partial charge >= 0.3 is 0 Å². The number of nitrogens with zero attached hydrogens (tertiary/aromatic N) is 2. The lowest BCUT2D eigenvalue weighted by Gasteiger charge is -2.09. The van der Waals surface area contributed by atoms with Crippen LogP contribution in [0.2, 0.25) is 5.02 Å². The molecule has 0 unspecified atom stereocenters. The van der Waals surface area contributed by atoms with Crippen molar-refractivity contribution in [3.63, 3.8) is 0 Å². The van der Waals surface area contributed by atoms with E-state index in [1.54, 1.807) is 12.1 Å². The number of halogens is 1. The van der Waals surface area contributed by atoms with E-state index in [4.69, 9.17) is 21.1 Å². The van der Waals surface area contributed by atoms with Gasteiger partial charge in [-0.15, -0.1) is 0 Å². The van der Waals surface area contributed by atoms with Gasteiger partial charge in [-0.2, -0.15) is 0 Å². The Hall–Kier alpha value is -3.32. The number of hydrogen-bond donors (Lipinski definition) is 2. The number of nitrogens with one attached hydrogen (secondary N) is 2. The number of aromatic nitrogens is 2. The second-order valence-corrected chi connectivity index (χ2v) is 6.51. The summed E-state index contributed by atoms with van der Waals surface area (Å²) in [6.45, 7) is 1.08. The quantitative estimate of drug-likeness (QED) is 0.664. The number of rotatable bonds is 6. The molecule has 142 valence electrons. The number of anilines is 1. The van der Waals surface area contributed by atoms with E-state index in [1.165, 1.54) is 6.33 Å². The molecule has 1 aromatic heterocycles. The monoisotopic (exact) mass is 396 g/mol. The van der Waals surface area contributed by atoms with Crippen molar-refractivity contribution in [2.75, 3.05) is 12.1 Å². The molecule has 0 bridgehead atoms. The molecule has 0 spiro atoms. The number of carbonyl (C=O) groups is 1. The first-order valence-electron chi connectivity index (χ1n) is 8.65. The highest BCUT2D eigenvalue weighted by atomic mass is 35.5. The van der Waals surface area contributed by atoms with E-state index < -0.39 is 0 Å². The molecule has 3 aromatic rings. The zero-order valence-electron chi connectivity index (χ0n) is 14.8. The maximum absolute atomic E-state index is 12.4. The van der Waals surface area contributed by atoms with E-state index in [9.17, 15) is 4.79 Å². The van der Waals surface area contributed by atoms with Gasteiger partial charge in [-0.1, -0.05) is 35.9 Å². The van der Waals surface area contributed by atoms with Crippen LogP contribution in [0.15, 0.2) is 54.9 Å². The smallest absolute Gasteiger partial charge is 0.270 e. The molecule has 2 heterocycles. The van der Waals surface area contributed by atoms with E-state index in [2.05, 4.69) is 20.6 Å². The van der Waals surface area contributed by atoms with Crippen LogP contribution in [0, 0.1) is 0 Å². The summed E-state index contributed by atoms with van der Waals surface area (Å²) in [6.07, 6.45) is 1.35. The Labute approximate surface area is 166 Å². The van der Waals surface area contributed by atoms with E-state index >= 15 is 0 Å². The van der Waals surface area contributed by atoms with Crippen LogP contribution in [0.1, 0.15) is 21.6 Å². The minimum Gasteiger partial charge on any atom is -0.454 e. The van der Waals surface area contributed by atoms with E-state index in [0.29, 0.717) is 23.9 Å². The maximum atomic E-state index is 12.4. The number of ether oxygens (including phenoxy) is 2. The van der Waals surface area contributed by atoms with E-state index in [0.717, 1.165) is 22.6 Å². The summed E-state index contributed by atoms with van der Waals surface area (Å²) in [5, 5.41) is 6.60. The fourth-order valence-corrected chi connectivity index (χ4v) is 2.93. The fourth-order valence-electron chi connectivity index (χ4n) is 2.73. The average molecular weight is 397 g/mol. The summed E-state index contributed by atoms with van der Waals surface area (Å²) in [5.74, 6) is 1.72. The number of fused-ring (bicyclic) bond motifs is 1. The maximum Gasteiger partial charge on any atom is 0.270 e. The third-order valence-electron chi connectivity index (χ3n) is 4.21. The van der Waals surface area contributed by atoms with Gasteiger partial charge in [-0.05, 0) is 29.3 Å². The van der Waals surface area contributed by atoms with Crippen molar-refractivity contribution in [3.05, 3.63) is 76.7 Å². The topological polar surface area (TPSA) is 85.4 Å². The summed E-state index contributed by atoms with van der Waals surface area (Å²) in [4.78, 5) is 20.6. The van der Waals surface area contributed by atoms with Gasteiger partial charge in [0.15, 0.2) is 11.5 Å². The van der Waals surface area contributed by atoms with Crippen LogP contribution in [0.5, 0.6) is 11.5 Å². The molecule has 28 heavy (non-hydrogen) atoms. The van der Waals surface area contributed by atoms with Gasteiger partial charge in [-0.3, -0.25) is 4.79 Å². The van der Waals surface area contributed by atoms with E-state index in [-0.39, 0.29) is 18.4 Å². The highest BCUT2D eigenvalue weighted by molar-refractivity contribution is 6.31. The second kappa shape index (κ2) is 8.14. The molecule has 2 N–H and O–H groups in total. The SMILES string of the molecule is O=C(NCc1ccccc1Cl)c1cc(NCc2ccc3c(c2)OCO3)ncn1. The van der Waals surface area contributed by atoms with Crippen molar-refractivity contribution in [2.45, 2.75) is 13.1 Å². The Bertz CT molecular complexity index is 1010. The molecule has 0 fully saturated rings. The molecule has 0 atom stereocenters. The lowest BCUT2D eigenvalue weighted by atomic mass is 10.2. The number of amides is 1. The van der Waals surface area contributed by atoms with E-state index in [1.807, 2.05) is 36.4 Å². The van der Waals surface area contributed by atoms with Crippen LogP contribution in [0.4, 0.5) is 5.82 Å². The summed E-state index contributed by atoms with van der Waals surface area (Å²) in [6, 6.07) is 14.7. The summed E-state index contributed by atoms with van der Waals surface area (Å²) >= 11 is 6.11. The highest BCUT2D eigenvalue weighted by Gasteiger charge is 2.13. The van der Waals surface area contributed by atoms with Crippen molar-refractivity contribution in [2.24, 2.45) is 0 Å². The Balaban J connectivity index is 1.37. The third-order valence-corrected chi connectivity index (χ3v) is 4.58. The zero-order valence-corrected chi connectivity index (χ0v) is 15.6. The summed E-state index contributed by atoms with van der Waals surface area (Å²) in [5.41, 5.74) is 2.12. The largest absolute Gasteiger partial charge is 0.454 e. The van der Waals surface area contributed by atoms with Crippen LogP contribution < -0.4 is 20.1 Å². The predicted octanol–water partition coefficient (Wildman–Crippen LogP) is 3.40. The average Bonchev–Trinajstić information content (AvgIpc) is 3.19. The normalized spacial score (nSPS) is 11.9. The van der Waals surface area contributed by atoms with Gasteiger partial charge in [0.05, 0.1) is 0 Å². The van der Waals surface area contributed by atoms with Crippen molar-refractivity contribution < 1.29 is 14.3 Å². The fraction of sp³-hybridized carbons (Fsp3) is 0.150. The molecular weight excluding hydrogens is 380 g/mol. The Kier molecular flexibility index (Phi) is 5.25. The molecule has 0 saturated carbocycles. The molecule has 7 nitrogen and oxygen atoms in total. The molecule has 0 aliphatic carbocycles. The minimum atomic E-state index is -0.298. The number of carbonyl (C=O) groups excluding carboxylic acids is 1. The first-order valence-corrected chi connectivity index (χ1v) is 9.03. The number of hydrogen-bond acceptors (Lipinski definition) is 6. The van der Waals surface area contributed by atoms with Gasteiger partial charge in [0, 0.05) is 24.2 Å². The first-order chi connectivity index (χ1) is 13.7. The molecule has 0 radical (unpaired) electrons. The Morgan fingerprint density at radius 1 is 1.04 bits per heavy atom. The Morgan fingerprint density at radius 2 is 1.89 bits per heavy atom. The molecule has 0 saturated heterocycles. The van der Waals surface area contributed by atoms with Crippen molar-refractivity contribution in [1.82, 2.24) is 15.3 Å². The lowest BCUT2D eigenvalue weighted by Crippen LogP contribution is -2.24. The van der Waals surface area contributed by atoms with Gasteiger partial charge in [-0.25, -0.2) is 9.97 Å². The standard InChI is InChI=1S/C20H17ClN4O3/c21-15-4-2-1-3-14(15)10-23-20(26)16-8-19(25-11-24-16)22-9-13-5-6-17-18(7-13)28-12-27-17/h1-8,11H,9-10,12H2,(H,23,26)(H,22,24,25). The number of benzene rings is 2. The zero-order chi connectivity index (χ0) is 19.3. The molecule has 1 aliphatic heterocycles. The predicted molar refractivity (Wildman–Crippen MR) is 105 cm³/mol. The second-order valence-electron chi connectivity index (χ2n) is 6.10. The van der Waals surface area contributed by atoms with Gasteiger partial charge in [0.2, 0.25) is 6.79 Å². The van der Waals surface area contributed by atoms with Crippen LogP contribution in [-0.4, -0.2) is 22.7 Å². The third kappa shape index (κ3) is 4.15. The van der Waals surface area contributed by atoms with Gasteiger partial charge in [0.1, 0.15) is 17.8 Å². The highest BCUT2D eigenvalue weighted by Crippen LogP contribution is 2.32. The minimum absolute atomic E-state index is 0.241. The lowest BCUT2D eigenvalue weighted by molar-refractivity contribution is 0.0946. The van der Waals surface area contributed by atoms with Crippen LogP contribution in [0.3, 0.4) is 0 Å². The summed E-state index contributed by atoms with van der Waals surface area (Å²) < 4.78 is 10.7. The molecule has 2 aromatic carbocycles. The summed E-state index contributed by atoms with van der Waals surface area (Å²) in [7, 11) is 0. The Morgan fingerprint density at radius 3 is 2.79 bits per heavy atom. The van der Waals surface area contributed by atoms with Crippen molar-refractivity contribution in [1.29, 1.82) is 0 Å². The molecule has 1 amide bonds. The van der Waals surface area contributed by atoms with Crippen LogP contribution in [-0.2, 0) is 13.1 Å². The van der Waals surface area contributed by atoms with Crippen molar-refractivity contribution >= 4 is 23.3 Å². The van der Waals surface area contributed by atoms with Crippen LogP contribution >= 0.6 is 11.6 Å². The molecule has 8 heteroatoms. The first kappa shape index (κ1) is 18.1. The van der Waals surface area contributed by atoms with Gasteiger partial charge in [0.25, 0.3) is 5.91 Å². The molecule has 4 rings (SSSR count). The molecular formula is C20H17ClN4O3. The molecule has 1 aliphatic rings. The van der Waals surface area contributed by atoms with Crippen molar-refractivity contribution in [3.8, 4) is 11.5 Å². The van der Waals surface area contributed by atoms with Gasteiger partial charge < -0.3 is 20.1 Å². The van der Waals surface area contributed by atoms with Crippen LogP contribution in [0.25, 0.3) is 0 Å².